The Morgan fingerprint density at radius 3 is 3.12 bits per heavy atom. The van der Waals surface area contributed by atoms with E-state index in [4.69, 9.17) is 5.73 Å². The number of hydrogen-bond donors (Lipinski definition) is 2. The van der Waals surface area contributed by atoms with Gasteiger partial charge in [-0.25, -0.2) is 9.97 Å². The molecule has 0 spiro atoms. The molecule has 6 heteroatoms. The minimum Gasteiger partial charge on any atom is -0.324 e. The van der Waals surface area contributed by atoms with Gasteiger partial charge in [0.05, 0.1) is 11.9 Å². The van der Waals surface area contributed by atoms with Crippen LogP contribution in [0.1, 0.15) is 17.0 Å². The van der Waals surface area contributed by atoms with Gasteiger partial charge in [-0.2, -0.15) is 0 Å². The van der Waals surface area contributed by atoms with Crippen molar-refractivity contribution in [2.24, 2.45) is 5.73 Å². The molecule has 3 rings (SSSR count). The molecule has 0 saturated carbocycles. The Morgan fingerprint density at radius 1 is 1.53 bits per heavy atom. The van der Waals surface area contributed by atoms with Crippen LogP contribution in [0.4, 0.5) is 0 Å². The van der Waals surface area contributed by atoms with Gasteiger partial charge in [0.2, 0.25) is 0 Å². The summed E-state index contributed by atoms with van der Waals surface area (Å²) < 4.78 is 0. The third-order valence-corrected chi connectivity index (χ3v) is 3.04. The molecule has 3 N–H and O–H groups in total. The minimum absolute atomic E-state index is 0.143. The summed E-state index contributed by atoms with van der Waals surface area (Å²) in [5, 5.41) is 0.601. The van der Waals surface area contributed by atoms with Gasteiger partial charge < -0.3 is 10.7 Å². The maximum atomic E-state index is 12.0. The first-order valence-corrected chi connectivity index (χ1v) is 5.47. The highest BCUT2D eigenvalue weighted by atomic mass is 16.1. The Hall–Kier alpha value is -1.79. The van der Waals surface area contributed by atoms with Crippen LogP contribution in [-0.4, -0.2) is 26.9 Å². The Bertz CT molecular complexity index is 648. The van der Waals surface area contributed by atoms with E-state index in [1.807, 2.05) is 7.05 Å². The number of rotatable bonds is 1. The molecule has 0 radical (unpaired) electrons. The maximum Gasteiger partial charge on any atom is 0.260 e. The zero-order valence-corrected chi connectivity index (χ0v) is 9.53. The zero-order valence-electron chi connectivity index (χ0n) is 9.53. The highest BCUT2D eigenvalue weighted by Crippen LogP contribution is 2.24. The van der Waals surface area contributed by atoms with Gasteiger partial charge in [-0.15, -0.1) is 0 Å². The molecule has 0 amide bonds. The quantitative estimate of drug-likeness (QED) is 0.705. The van der Waals surface area contributed by atoms with E-state index in [1.165, 1.54) is 0 Å². The molecular formula is C11H13N5O. The molecule has 0 aliphatic carbocycles. The molecule has 0 saturated heterocycles. The number of aromatic nitrogens is 3. The van der Waals surface area contributed by atoms with Crippen molar-refractivity contribution in [2.45, 2.75) is 19.6 Å². The average Bonchev–Trinajstić information content (AvgIpc) is 2.68. The molecule has 0 atom stereocenters. The lowest BCUT2D eigenvalue weighted by molar-refractivity contribution is 0.353. The summed E-state index contributed by atoms with van der Waals surface area (Å²) in [6.45, 7) is 1.81. The first kappa shape index (κ1) is 10.4. The number of nitrogens with one attached hydrogen (secondary N) is 1. The fourth-order valence-electron chi connectivity index (χ4n) is 2.28. The molecule has 2 aromatic heterocycles. The van der Waals surface area contributed by atoms with Gasteiger partial charge in [-0.1, -0.05) is 0 Å². The number of pyridine rings is 1. The van der Waals surface area contributed by atoms with Crippen LogP contribution in [0, 0.1) is 0 Å². The largest absolute Gasteiger partial charge is 0.324 e. The Labute approximate surface area is 97.5 Å². The summed E-state index contributed by atoms with van der Waals surface area (Å²) >= 11 is 0. The Morgan fingerprint density at radius 2 is 2.35 bits per heavy atom. The Kier molecular flexibility index (Phi) is 2.20. The van der Waals surface area contributed by atoms with E-state index in [0.29, 0.717) is 16.9 Å². The minimum atomic E-state index is -0.143. The summed E-state index contributed by atoms with van der Waals surface area (Å²) in [6, 6.07) is 0. The number of hydrogen-bond acceptors (Lipinski definition) is 5. The second-order valence-electron chi connectivity index (χ2n) is 4.35. The van der Waals surface area contributed by atoms with Crippen LogP contribution in [0.5, 0.6) is 0 Å². The molecule has 88 valence electrons. The van der Waals surface area contributed by atoms with Crippen LogP contribution in [0.3, 0.4) is 0 Å². The lowest BCUT2D eigenvalue weighted by atomic mass is 10.1. The molecule has 17 heavy (non-hydrogen) atoms. The SMILES string of the molecule is CN1Cc2cnc3nc(CN)[nH]c(=O)c3c2C1. The predicted molar refractivity (Wildman–Crippen MR) is 63.2 cm³/mol. The van der Waals surface area contributed by atoms with Crippen molar-refractivity contribution in [3.05, 3.63) is 33.5 Å². The molecule has 0 fully saturated rings. The number of fused-ring (bicyclic) bond motifs is 3. The third kappa shape index (κ3) is 1.53. The van der Waals surface area contributed by atoms with Gasteiger partial charge in [-0.3, -0.25) is 9.69 Å². The fourth-order valence-corrected chi connectivity index (χ4v) is 2.28. The van der Waals surface area contributed by atoms with Gasteiger partial charge in [-0.05, 0) is 18.2 Å². The van der Waals surface area contributed by atoms with E-state index >= 15 is 0 Å². The lowest BCUT2D eigenvalue weighted by Crippen LogP contribution is -2.17. The first-order valence-electron chi connectivity index (χ1n) is 5.47. The van der Waals surface area contributed by atoms with Crippen molar-refractivity contribution in [1.82, 2.24) is 19.9 Å². The van der Waals surface area contributed by atoms with E-state index < -0.39 is 0 Å². The average molecular weight is 231 g/mol. The summed E-state index contributed by atoms with van der Waals surface area (Å²) in [5.41, 5.74) is 7.96. The second-order valence-corrected chi connectivity index (χ2v) is 4.35. The summed E-state index contributed by atoms with van der Waals surface area (Å²) in [5.74, 6) is 0.473. The molecule has 3 heterocycles. The van der Waals surface area contributed by atoms with E-state index in [9.17, 15) is 4.79 Å². The van der Waals surface area contributed by atoms with Gasteiger partial charge in [0.15, 0.2) is 5.65 Å². The van der Waals surface area contributed by atoms with Crippen LogP contribution < -0.4 is 11.3 Å². The fraction of sp³-hybridized carbons (Fsp3) is 0.364. The van der Waals surface area contributed by atoms with Gasteiger partial charge in [0.25, 0.3) is 5.56 Å². The van der Waals surface area contributed by atoms with E-state index in [0.717, 1.165) is 24.2 Å². The lowest BCUT2D eigenvalue weighted by Gasteiger charge is -2.04. The first-order chi connectivity index (χ1) is 8.19. The van der Waals surface area contributed by atoms with Crippen LogP contribution >= 0.6 is 0 Å². The predicted octanol–water partition coefficient (Wildman–Crippen LogP) is -0.278. The smallest absolute Gasteiger partial charge is 0.260 e. The van der Waals surface area contributed by atoms with Gasteiger partial charge in [0, 0.05) is 19.3 Å². The zero-order chi connectivity index (χ0) is 12.0. The van der Waals surface area contributed by atoms with Crippen LogP contribution in [-0.2, 0) is 19.6 Å². The van der Waals surface area contributed by atoms with Crippen molar-refractivity contribution >= 4 is 11.0 Å². The normalized spacial score (nSPS) is 15.4. The summed E-state index contributed by atoms with van der Waals surface area (Å²) in [7, 11) is 2.02. The van der Waals surface area contributed by atoms with Crippen LogP contribution in [0.15, 0.2) is 11.0 Å². The topological polar surface area (TPSA) is 87.9 Å². The van der Waals surface area contributed by atoms with Gasteiger partial charge in [0.1, 0.15) is 5.82 Å². The van der Waals surface area contributed by atoms with E-state index in [1.54, 1.807) is 6.20 Å². The molecule has 1 aliphatic rings. The van der Waals surface area contributed by atoms with E-state index in [-0.39, 0.29) is 12.1 Å². The van der Waals surface area contributed by atoms with Crippen molar-refractivity contribution in [2.75, 3.05) is 7.05 Å². The Balaban J connectivity index is 2.35. The standard InChI is InChI=1S/C11H13N5O/c1-16-4-6-3-13-10-9(7(6)5-16)11(17)15-8(2-12)14-10/h3H,2,4-5,12H2,1H3,(H,13,14,15,17). The molecule has 6 nitrogen and oxygen atoms in total. The number of aromatic amines is 1. The number of nitrogens with two attached hydrogens (primary N) is 1. The number of H-pyrrole nitrogens is 1. The van der Waals surface area contributed by atoms with Gasteiger partial charge >= 0.3 is 0 Å². The van der Waals surface area contributed by atoms with Crippen LogP contribution in [0.25, 0.3) is 11.0 Å². The molecule has 1 aliphatic heterocycles. The van der Waals surface area contributed by atoms with Crippen molar-refractivity contribution < 1.29 is 0 Å². The molecular weight excluding hydrogens is 218 g/mol. The molecule has 0 aromatic carbocycles. The molecule has 2 aromatic rings. The third-order valence-electron chi connectivity index (χ3n) is 3.04. The van der Waals surface area contributed by atoms with Crippen molar-refractivity contribution in [1.29, 1.82) is 0 Å². The van der Waals surface area contributed by atoms with Crippen LogP contribution in [0.2, 0.25) is 0 Å². The molecule has 0 bridgehead atoms. The summed E-state index contributed by atoms with van der Waals surface area (Å²) in [4.78, 5) is 25.3. The number of nitrogens with zero attached hydrogens (tertiary/aromatic N) is 3. The monoisotopic (exact) mass is 231 g/mol. The van der Waals surface area contributed by atoms with Crippen molar-refractivity contribution in [3.63, 3.8) is 0 Å². The van der Waals surface area contributed by atoms with E-state index in [2.05, 4.69) is 19.9 Å². The molecule has 0 unspecified atom stereocenters. The van der Waals surface area contributed by atoms with Crippen molar-refractivity contribution in [3.8, 4) is 0 Å². The second kappa shape index (κ2) is 3.61. The highest BCUT2D eigenvalue weighted by molar-refractivity contribution is 5.79. The highest BCUT2D eigenvalue weighted by Gasteiger charge is 2.21. The maximum absolute atomic E-state index is 12.0. The summed E-state index contributed by atoms with van der Waals surface area (Å²) in [6.07, 6.45) is 1.80.